The van der Waals surface area contributed by atoms with Gasteiger partial charge in [-0.3, -0.25) is 5.41 Å². The van der Waals surface area contributed by atoms with Crippen LogP contribution in [0.4, 0.5) is 15.9 Å². The molecule has 0 aliphatic carbocycles. The van der Waals surface area contributed by atoms with E-state index >= 15 is 0 Å². The highest BCUT2D eigenvalue weighted by Gasteiger charge is 2.11. The third-order valence-corrected chi connectivity index (χ3v) is 2.77. The van der Waals surface area contributed by atoms with Gasteiger partial charge in [0.15, 0.2) is 17.3 Å². The lowest BCUT2D eigenvalue weighted by atomic mass is 10.3. The molecular weight excluding hydrogens is 265 g/mol. The first kappa shape index (κ1) is 11.7. The van der Waals surface area contributed by atoms with Gasteiger partial charge in [-0.15, -0.1) is 0 Å². The number of nitrogens with two attached hydrogens (primary N) is 1. The number of hydrogen-bond acceptors (Lipinski definition) is 5. The monoisotopic (exact) mass is 271 g/mol. The lowest BCUT2D eigenvalue weighted by Gasteiger charge is -2.06. The fraction of sp³-hybridized carbons (Fsp3) is 0. The van der Waals surface area contributed by atoms with Crippen LogP contribution in [-0.4, -0.2) is 14.6 Å². The zero-order valence-electron chi connectivity index (χ0n) is 8.37. The van der Waals surface area contributed by atoms with E-state index in [1.165, 1.54) is 18.2 Å². The maximum atomic E-state index is 12.9. The van der Waals surface area contributed by atoms with Gasteiger partial charge < -0.3 is 11.1 Å². The summed E-state index contributed by atoms with van der Waals surface area (Å²) in [6.07, 6.45) is 0. The summed E-state index contributed by atoms with van der Waals surface area (Å²) in [5, 5.41) is 10.4. The Morgan fingerprint density at radius 2 is 2.24 bits per heavy atom. The zero-order valence-corrected chi connectivity index (χ0v) is 9.94. The lowest BCUT2D eigenvalue weighted by molar-refractivity contribution is 0.628. The quantitative estimate of drug-likeness (QED) is 0.578. The van der Waals surface area contributed by atoms with Crippen LogP contribution in [0.1, 0.15) is 5.69 Å². The number of aromatic nitrogens is 2. The van der Waals surface area contributed by atoms with Crippen molar-refractivity contribution in [1.82, 2.24) is 8.75 Å². The molecule has 2 rings (SSSR count). The highest BCUT2D eigenvalue weighted by Crippen LogP contribution is 2.20. The minimum atomic E-state index is -0.515. The summed E-state index contributed by atoms with van der Waals surface area (Å²) in [6, 6.07) is 4.05. The summed E-state index contributed by atoms with van der Waals surface area (Å²) in [5.41, 5.74) is 6.26. The maximum Gasteiger partial charge on any atom is 0.168 e. The molecule has 0 aliphatic heterocycles. The average Bonchev–Trinajstić information content (AvgIpc) is 2.70. The number of benzene rings is 1. The van der Waals surface area contributed by atoms with Crippen molar-refractivity contribution in [2.24, 2.45) is 0 Å². The van der Waals surface area contributed by atoms with E-state index in [2.05, 4.69) is 14.1 Å². The molecule has 88 valence electrons. The van der Waals surface area contributed by atoms with Crippen LogP contribution in [-0.2, 0) is 0 Å². The molecule has 0 aliphatic rings. The van der Waals surface area contributed by atoms with E-state index in [0.717, 1.165) is 11.7 Å². The second-order valence-electron chi connectivity index (χ2n) is 3.13. The van der Waals surface area contributed by atoms with Crippen LogP contribution in [0, 0.1) is 11.2 Å². The fourth-order valence-corrected chi connectivity index (χ4v) is 1.81. The second kappa shape index (κ2) is 4.64. The van der Waals surface area contributed by atoms with Gasteiger partial charge in [0.2, 0.25) is 0 Å². The number of hydrogen-bond donors (Lipinski definition) is 3. The summed E-state index contributed by atoms with van der Waals surface area (Å²) in [7, 11) is 0. The third kappa shape index (κ3) is 2.51. The van der Waals surface area contributed by atoms with E-state index in [0.29, 0.717) is 5.69 Å². The first-order valence-corrected chi connectivity index (χ1v) is 5.58. The standard InChI is InChI=1S/C9H7ClFN5S/c10-5-3-4(1-2-6(5)11)14-8(12)7-9(13)16-17-15-7/h1-3H,(H2,12,14)(H2,13,16). The van der Waals surface area contributed by atoms with Crippen molar-refractivity contribution in [2.45, 2.75) is 0 Å². The maximum absolute atomic E-state index is 12.9. The predicted molar refractivity (Wildman–Crippen MR) is 66.2 cm³/mol. The van der Waals surface area contributed by atoms with Crippen LogP contribution >= 0.6 is 23.3 Å². The van der Waals surface area contributed by atoms with Crippen molar-refractivity contribution >= 4 is 40.7 Å². The van der Waals surface area contributed by atoms with Gasteiger partial charge in [0.1, 0.15) is 5.82 Å². The number of amidine groups is 1. The van der Waals surface area contributed by atoms with Crippen LogP contribution < -0.4 is 11.1 Å². The van der Waals surface area contributed by atoms with Crippen molar-refractivity contribution in [3.8, 4) is 0 Å². The molecule has 0 atom stereocenters. The molecule has 0 unspecified atom stereocenters. The van der Waals surface area contributed by atoms with Gasteiger partial charge in [0.25, 0.3) is 0 Å². The normalized spacial score (nSPS) is 10.2. The van der Waals surface area contributed by atoms with Crippen LogP contribution in [0.15, 0.2) is 18.2 Å². The van der Waals surface area contributed by atoms with Crippen LogP contribution in [0.2, 0.25) is 5.02 Å². The first-order valence-electron chi connectivity index (χ1n) is 4.47. The predicted octanol–water partition coefficient (Wildman–Crippen LogP) is 2.35. The number of rotatable bonds is 2. The Labute approximate surface area is 105 Å². The Bertz CT molecular complexity index is 570. The lowest BCUT2D eigenvalue weighted by Crippen LogP contribution is -2.14. The van der Waals surface area contributed by atoms with Gasteiger partial charge in [0.05, 0.1) is 16.8 Å². The Morgan fingerprint density at radius 3 is 2.82 bits per heavy atom. The van der Waals surface area contributed by atoms with Crippen LogP contribution in [0.3, 0.4) is 0 Å². The molecule has 0 bridgehead atoms. The Balaban J connectivity index is 2.19. The van der Waals surface area contributed by atoms with Gasteiger partial charge in [-0.05, 0) is 18.2 Å². The SMILES string of the molecule is N=C(Nc1ccc(F)c(Cl)c1)c1nsnc1N. The fourth-order valence-electron chi connectivity index (χ4n) is 1.15. The summed E-state index contributed by atoms with van der Waals surface area (Å²) in [4.78, 5) is 0. The van der Waals surface area contributed by atoms with Crippen molar-refractivity contribution in [1.29, 1.82) is 5.41 Å². The minimum absolute atomic E-state index is 0.0149. The summed E-state index contributed by atoms with van der Waals surface area (Å²) < 4.78 is 20.5. The highest BCUT2D eigenvalue weighted by atomic mass is 35.5. The van der Waals surface area contributed by atoms with Crippen molar-refractivity contribution in [3.05, 3.63) is 34.7 Å². The topological polar surface area (TPSA) is 87.7 Å². The number of nitrogens with one attached hydrogen (secondary N) is 2. The minimum Gasteiger partial charge on any atom is -0.381 e. The average molecular weight is 272 g/mol. The molecule has 0 fully saturated rings. The number of anilines is 2. The van der Waals surface area contributed by atoms with Gasteiger partial charge >= 0.3 is 0 Å². The molecule has 0 spiro atoms. The highest BCUT2D eigenvalue weighted by molar-refractivity contribution is 6.99. The largest absolute Gasteiger partial charge is 0.381 e. The zero-order chi connectivity index (χ0) is 12.4. The van der Waals surface area contributed by atoms with Crippen LogP contribution in [0.25, 0.3) is 0 Å². The molecule has 1 heterocycles. The summed E-state index contributed by atoms with van der Waals surface area (Å²) in [5.74, 6) is -0.349. The molecule has 5 nitrogen and oxygen atoms in total. The summed E-state index contributed by atoms with van der Waals surface area (Å²) in [6.45, 7) is 0. The number of halogens is 2. The van der Waals surface area contributed by atoms with E-state index < -0.39 is 5.82 Å². The van der Waals surface area contributed by atoms with Crippen molar-refractivity contribution in [2.75, 3.05) is 11.1 Å². The molecule has 8 heteroatoms. The molecule has 0 amide bonds. The summed E-state index contributed by atoms with van der Waals surface area (Å²) >= 11 is 6.54. The molecule has 17 heavy (non-hydrogen) atoms. The molecule has 0 radical (unpaired) electrons. The van der Waals surface area contributed by atoms with Gasteiger partial charge in [-0.1, -0.05) is 11.6 Å². The van der Waals surface area contributed by atoms with E-state index in [9.17, 15) is 4.39 Å². The van der Waals surface area contributed by atoms with E-state index in [4.69, 9.17) is 22.7 Å². The molecule has 0 saturated carbocycles. The Kier molecular flexibility index (Phi) is 3.21. The first-order chi connectivity index (χ1) is 8.08. The van der Waals surface area contributed by atoms with Gasteiger partial charge in [-0.2, -0.15) is 8.75 Å². The Hall–Kier alpha value is -1.73. The van der Waals surface area contributed by atoms with Crippen molar-refractivity contribution in [3.63, 3.8) is 0 Å². The second-order valence-corrected chi connectivity index (χ2v) is 4.06. The van der Waals surface area contributed by atoms with Crippen LogP contribution in [0.5, 0.6) is 0 Å². The number of nitrogens with zero attached hydrogens (tertiary/aromatic N) is 2. The Morgan fingerprint density at radius 1 is 1.47 bits per heavy atom. The molecule has 1 aromatic carbocycles. The van der Waals surface area contributed by atoms with Crippen molar-refractivity contribution < 1.29 is 4.39 Å². The van der Waals surface area contributed by atoms with E-state index in [-0.39, 0.29) is 22.4 Å². The molecule has 4 N–H and O–H groups in total. The van der Waals surface area contributed by atoms with E-state index in [1.807, 2.05) is 0 Å². The smallest absolute Gasteiger partial charge is 0.168 e. The molecule has 1 aromatic heterocycles. The van der Waals surface area contributed by atoms with Gasteiger partial charge in [0, 0.05) is 5.69 Å². The molecule has 0 saturated heterocycles. The molecule has 2 aromatic rings. The molecular formula is C9H7ClFN5S. The van der Waals surface area contributed by atoms with E-state index in [1.54, 1.807) is 0 Å². The number of nitrogen functional groups attached to an aromatic ring is 1. The van der Waals surface area contributed by atoms with Gasteiger partial charge in [-0.25, -0.2) is 4.39 Å². The third-order valence-electron chi connectivity index (χ3n) is 1.94.